The molecule has 0 aliphatic heterocycles. The van der Waals surface area contributed by atoms with Crippen LogP contribution in [0, 0.1) is 5.41 Å². The van der Waals surface area contributed by atoms with Crippen LogP contribution in [0.4, 0.5) is 0 Å². The van der Waals surface area contributed by atoms with Gasteiger partial charge in [0.05, 0.1) is 0 Å². The fourth-order valence-corrected chi connectivity index (χ4v) is 0.930. The highest BCUT2D eigenvalue weighted by molar-refractivity contribution is 6.21. The molecule has 0 rings (SSSR count). The van der Waals surface area contributed by atoms with Crippen LogP contribution in [-0.4, -0.2) is 14.4 Å². The maximum atomic E-state index is 5.53. The molecule has 0 amide bonds. The predicted octanol–water partition coefficient (Wildman–Crippen LogP) is 1.82. The summed E-state index contributed by atoms with van der Waals surface area (Å²) in [5, 5.41) is 0. The summed E-state index contributed by atoms with van der Waals surface area (Å²) in [6, 6.07) is 0. The molecule has 0 fully saturated rings. The number of nitrogens with two attached hydrogens (primary N) is 1. The van der Waals surface area contributed by atoms with Crippen molar-refractivity contribution in [3.05, 3.63) is 11.5 Å². The zero-order chi connectivity index (χ0) is 8.91. The summed E-state index contributed by atoms with van der Waals surface area (Å²) in [6.07, 6.45) is 4.14. The zero-order valence-electron chi connectivity index (χ0n) is 7.85. The Morgan fingerprint density at radius 3 is 2.45 bits per heavy atom. The van der Waals surface area contributed by atoms with Gasteiger partial charge in [-0.2, -0.15) is 0 Å². The van der Waals surface area contributed by atoms with E-state index in [2.05, 4.69) is 19.9 Å². The Kier molecular flexibility index (Phi) is 4.51. The minimum atomic E-state index is 0.301. The van der Waals surface area contributed by atoms with E-state index < -0.39 is 0 Å². The summed E-state index contributed by atoms with van der Waals surface area (Å²) in [4.78, 5) is 0. The van der Waals surface area contributed by atoms with Crippen molar-refractivity contribution in [2.24, 2.45) is 11.1 Å². The van der Waals surface area contributed by atoms with Gasteiger partial charge in [-0.05, 0) is 24.8 Å². The lowest BCUT2D eigenvalue weighted by molar-refractivity contribution is 0.345. The van der Waals surface area contributed by atoms with Crippen LogP contribution in [0.2, 0.25) is 0 Å². The average molecular weight is 151 g/mol. The van der Waals surface area contributed by atoms with Crippen molar-refractivity contribution in [2.75, 3.05) is 6.54 Å². The minimum Gasteiger partial charge on any atom is -0.330 e. The number of allylic oxidation sites excluding steroid dienone is 2. The highest BCUT2D eigenvalue weighted by Gasteiger charge is 2.13. The number of hydrogen-bond donors (Lipinski definition) is 1. The van der Waals surface area contributed by atoms with Gasteiger partial charge >= 0.3 is 0 Å². The summed E-state index contributed by atoms with van der Waals surface area (Å²) in [7, 11) is 5.53. The maximum absolute atomic E-state index is 5.53. The molecule has 1 nitrogen and oxygen atoms in total. The van der Waals surface area contributed by atoms with E-state index in [1.165, 1.54) is 0 Å². The van der Waals surface area contributed by atoms with Gasteiger partial charge in [0.2, 0.25) is 0 Å². The first-order valence-electron chi connectivity index (χ1n) is 4.10. The van der Waals surface area contributed by atoms with Gasteiger partial charge < -0.3 is 5.73 Å². The van der Waals surface area contributed by atoms with Crippen molar-refractivity contribution in [1.82, 2.24) is 0 Å². The smallest absolute Gasteiger partial charge is 0.106 e. The Bertz CT molecular complexity index is 134. The highest BCUT2D eigenvalue weighted by Crippen LogP contribution is 2.24. The second-order valence-electron chi connectivity index (χ2n) is 3.86. The molecule has 11 heavy (non-hydrogen) atoms. The Morgan fingerprint density at radius 2 is 2.09 bits per heavy atom. The summed E-state index contributed by atoms with van der Waals surface area (Å²) >= 11 is 0. The van der Waals surface area contributed by atoms with Crippen molar-refractivity contribution < 1.29 is 0 Å². The van der Waals surface area contributed by atoms with Crippen molar-refractivity contribution in [1.29, 1.82) is 0 Å². The topological polar surface area (TPSA) is 26.0 Å². The van der Waals surface area contributed by atoms with Crippen LogP contribution in [0.1, 0.15) is 33.6 Å². The normalized spacial score (nSPS) is 13.6. The molecular formula is C9H18BN. The van der Waals surface area contributed by atoms with Crippen molar-refractivity contribution in [3.8, 4) is 0 Å². The molecule has 0 atom stereocenters. The Balaban J connectivity index is 3.81. The third kappa shape index (κ3) is 6.17. The van der Waals surface area contributed by atoms with Gasteiger partial charge in [0, 0.05) is 0 Å². The number of rotatable bonds is 4. The lowest BCUT2D eigenvalue weighted by atomic mass is 9.83. The van der Waals surface area contributed by atoms with E-state index >= 15 is 0 Å². The Hall–Kier alpha value is -0.235. The molecule has 2 N–H and O–H groups in total. The van der Waals surface area contributed by atoms with E-state index in [-0.39, 0.29) is 0 Å². The molecule has 0 aliphatic rings. The molecular weight excluding hydrogens is 133 g/mol. The third-order valence-corrected chi connectivity index (χ3v) is 1.80. The molecule has 0 aromatic carbocycles. The predicted molar refractivity (Wildman–Crippen MR) is 51.6 cm³/mol. The van der Waals surface area contributed by atoms with Crippen LogP contribution < -0.4 is 5.73 Å². The summed E-state index contributed by atoms with van der Waals surface area (Å²) in [5.74, 6) is 0. The molecule has 0 saturated carbocycles. The van der Waals surface area contributed by atoms with Gasteiger partial charge in [-0.1, -0.05) is 26.8 Å². The van der Waals surface area contributed by atoms with Crippen LogP contribution in [0.15, 0.2) is 11.5 Å². The molecule has 0 unspecified atom stereocenters. The molecule has 0 bridgehead atoms. The second-order valence-corrected chi connectivity index (χ2v) is 3.86. The molecule has 62 valence electrons. The summed E-state index contributed by atoms with van der Waals surface area (Å²) in [5.41, 5.74) is 6.67. The minimum absolute atomic E-state index is 0.301. The largest absolute Gasteiger partial charge is 0.330 e. The van der Waals surface area contributed by atoms with Crippen LogP contribution >= 0.6 is 0 Å². The molecule has 0 heterocycles. The summed E-state index contributed by atoms with van der Waals surface area (Å²) in [6.45, 7) is 7.08. The Morgan fingerprint density at radius 1 is 1.55 bits per heavy atom. The van der Waals surface area contributed by atoms with Gasteiger partial charge in [0.15, 0.2) is 0 Å². The maximum Gasteiger partial charge on any atom is 0.106 e. The van der Waals surface area contributed by atoms with E-state index in [9.17, 15) is 0 Å². The van der Waals surface area contributed by atoms with Gasteiger partial charge in [0.25, 0.3) is 0 Å². The van der Waals surface area contributed by atoms with Gasteiger partial charge in [-0.15, -0.1) is 5.47 Å². The third-order valence-electron chi connectivity index (χ3n) is 1.80. The molecule has 0 aromatic rings. The zero-order valence-corrected chi connectivity index (χ0v) is 7.85. The van der Waals surface area contributed by atoms with Crippen molar-refractivity contribution >= 4 is 7.85 Å². The van der Waals surface area contributed by atoms with E-state index in [0.29, 0.717) is 5.41 Å². The van der Waals surface area contributed by atoms with Crippen LogP contribution in [-0.2, 0) is 0 Å². The van der Waals surface area contributed by atoms with Crippen LogP contribution in [0.3, 0.4) is 0 Å². The highest BCUT2D eigenvalue weighted by atomic mass is 14.5. The molecule has 0 aliphatic carbocycles. The fourth-order valence-electron chi connectivity index (χ4n) is 0.930. The second kappa shape index (κ2) is 4.60. The molecule has 0 aromatic heterocycles. The van der Waals surface area contributed by atoms with E-state index in [4.69, 9.17) is 13.6 Å². The molecule has 2 radical (unpaired) electrons. The van der Waals surface area contributed by atoms with Crippen LogP contribution in [0.25, 0.3) is 0 Å². The van der Waals surface area contributed by atoms with Gasteiger partial charge in [0.1, 0.15) is 7.85 Å². The first-order chi connectivity index (χ1) is 4.98. The van der Waals surface area contributed by atoms with Crippen molar-refractivity contribution in [3.63, 3.8) is 0 Å². The molecule has 2 heteroatoms. The summed E-state index contributed by atoms with van der Waals surface area (Å²) < 4.78 is 0. The fraction of sp³-hybridized carbons (Fsp3) is 0.778. The van der Waals surface area contributed by atoms with Crippen LogP contribution in [0.5, 0.6) is 0 Å². The van der Waals surface area contributed by atoms with E-state index in [1.807, 2.05) is 6.92 Å². The van der Waals surface area contributed by atoms with Crippen molar-refractivity contribution in [2.45, 2.75) is 33.6 Å². The Labute approximate surface area is 71.5 Å². The number of hydrogen-bond acceptors (Lipinski definition) is 1. The first kappa shape index (κ1) is 10.8. The lowest BCUT2D eigenvalue weighted by Crippen LogP contribution is -2.16. The van der Waals surface area contributed by atoms with E-state index in [0.717, 1.165) is 24.9 Å². The van der Waals surface area contributed by atoms with Gasteiger partial charge in [-0.3, -0.25) is 0 Å². The SMILES string of the molecule is [B]/C(C)=C/CC(C)(C)CCN. The molecule has 0 saturated heterocycles. The lowest BCUT2D eigenvalue weighted by Gasteiger charge is -2.21. The quantitative estimate of drug-likeness (QED) is 0.609. The van der Waals surface area contributed by atoms with E-state index in [1.54, 1.807) is 0 Å². The molecule has 0 spiro atoms. The first-order valence-corrected chi connectivity index (χ1v) is 4.10. The average Bonchev–Trinajstić information content (AvgIpc) is 1.84. The monoisotopic (exact) mass is 151 g/mol. The standard InChI is InChI=1S/C9H18BN/c1-8(10)4-5-9(2,3)6-7-11/h4H,5-7,11H2,1-3H3/b8-4+. The van der Waals surface area contributed by atoms with Gasteiger partial charge in [-0.25, -0.2) is 0 Å².